The molecule has 1 aromatic carbocycles. The normalized spacial score (nSPS) is 26.5. The lowest BCUT2D eigenvalue weighted by atomic mass is 9.92. The molecule has 1 aromatic heterocycles. The number of terminal acetylenes is 1. The standard InChI is InChI=1S/C24H29FN3O9P/c1-5-24(26)19(29)18(36-22(24)28-11-17(25)20(30)27-23(28)32)12-34-38(33,37-16-9-7-6-8-10-16)13-15(4)21(31)35-14(2)3/h1,6-11,14-15,18-19,22,29H,12-13,26H2,2-4H3,(H,27,30,32)/t15-,18-,19+,22-,24?,38+/m1/s1/i12D2. The third-order valence-electron chi connectivity index (χ3n) is 5.43. The molecule has 3 rings (SSSR count). The third kappa shape index (κ3) is 6.40. The van der Waals surface area contributed by atoms with Gasteiger partial charge in [-0.1, -0.05) is 31.0 Å². The number of para-hydroxylation sites is 1. The highest BCUT2D eigenvalue weighted by Crippen LogP contribution is 2.51. The van der Waals surface area contributed by atoms with E-state index < -0.39 is 79.3 Å². The van der Waals surface area contributed by atoms with E-state index >= 15 is 0 Å². The molecule has 0 aliphatic carbocycles. The fraction of sp³-hybridized carbons (Fsp3) is 0.458. The number of esters is 1. The number of aliphatic hydroxyl groups is 1. The highest BCUT2D eigenvalue weighted by Gasteiger charge is 2.55. The van der Waals surface area contributed by atoms with Crippen LogP contribution in [-0.2, 0) is 23.4 Å². The van der Waals surface area contributed by atoms with Crippen LogP contribution in [0.2, 0.25) is 0 Å². The van der Waals surface area contributed by atoms with Crippen LogP contribution in [0.3, 0.4) is 0 Å². The molecule has 1 unspecified atom stereocenters. The van der Waals surface area contributed by atoms with E-state index in [2.05, 4.69) is 0 Å². The predicted molar refractivity (Wildman–Crippen MR) is 133 cm³/mol. The van der Waals surface area contributed by atoms with E-state index in [-0.39, 0.29) is 5.75 Å². The Morgan fingerprint density at radius 3 is 2.66 bits per heavy atom. The number of ether oxygens (including phenoxy) is 2. The number of benzene rings is 1. The first-order chi connectivity index (χ1) is 18.5. The Bertz CT molecular complexity index is 1450. The average molecular weight is 555 g/mol. The van der Waals surface area contributed by atoms with Gasteiger partial charge in [0.25, 0.3) is 5.56 Å². The van der Waals surface area contributed by atoms with Gasteiger partial charge < -0.3 is 24.8 Å². The molecule has 12 nitrogen and oxygen atoms in total. The van der Waals surface area contributed by atoms with Gasteiger partial charge in [-0.25, -0.2) is 9.36 Å². The predicted octanol–water partition coefficient (Wildman–Crippen LogP) is 1.14. The second-order valence-electron chi connectivity index (χ2n) is 8.87. The molecule has 1 aliphatic heterocycles. The molecule has 0 saturated carbocycles. The largest absolute Gasteiger partial charge is 0.463 e. The molecule has 1 fully saturated rings. The number of aromatic amines is 1. The van der Waals surface area contributed by atoms with Gasteiger partial charge in [0.15, 0.2) is 11.8 Å². The maximum absolute atomic E-state index is 14.0. The fourth-order valence-electron chi connectivity index (χ4n) is 3.53. The van der Waals surface area contributed by atoms with Crippen LogP contribution in [0.15, 0.2) is 46.1 Å². The van der Waals surface area contributed by atoms with E-state index in [0.29, 0.717) is 10.8 Å². The van der Waals surface area contributed by atoms with Crippen molar-refractivity contribution in [1.82, 2.24) is 9.55 Å². The maximum Gasteiger partial charge on any atom is 0.380 e. The zero-order chi connectivity index (χ0) is 30.0. The Morgan fingerprint density at radius 2 is 2.05 bits per heavy atom. The van der Waals surface area contributed by atoms with Gasteiger partial charge in [-0.3, -0.25) is 23.7 Å². The molecule has 1 aliphatic rings. The van der Waals surface area contributed by atoms with Gasteiger partial charge in [-0.2, -0.15) is 4.39 Å². The molecule has 2 aromatic rings. The number of halogens is 1. The highest BCUT2D eigenvalue weighted by atomic mass is 31.2. The summed E-state index contributed by atoms with van der Waals surface area (Å²) < 4.78 is 66.9. The Hall–Kier alpha value is -3.27. The summed E-state index contributed by atoms with van der Waals surface area (Å²) in [4.78, 5) is 37.9. The first kappa shape index (κ1) is 26.3. The lowest BCUT2D eigenvalue weighted by Crippen LogP contribution is -2.55. The zero-order valence-electron chi connectivity index (χ0n) is 22.7. The van der Waals surface area contributed by atoms with Crippen LogP contribution in [0.1, 0.15) is 29.7 Å². The first-order valence-corrected chi connectivity index (χ1v) is 13.1. The van der Waals surface area contributed by atoms with E-state index in [9.17, 15) is 28.4 Å². The lowest BCUT2D eigenvalue weighted by molar-refractivity contribution is -0.151. The van der Waals surface area contributed by atoms with Crippen molar-refractivity contribution in [3.8, 4) is 18.1 Å². The smallest absolute Gasteiger partial charge is 0.380 e. The Labute approximate surface area is 220 Å². The van der Waals surface area contributed by atoms with Crippen LogP contribution in [0.4, 0.5) is 4.39 Å². The number of aromatic nitrogens is 2. The number of aliphatic hydroxyl groups excluding tert-OH is 1. The van der Waals surface area contributed by atoms with E-state index in [1.165, 1.54) is 19.1 Å². The number of hydrogen-bond donors (Lipinski definition) is 3. The van der Waals surface area contributed by atoms with Crippen LogP contribution in [-0.4, -0.2) is 57.2 Å². The number of rotatable bonds is 10. The van der Waals surface area contributed by atoms with Crippen molar-refractivity contribution < 1.29 is 40.1 Å². The summed E-state index contributed by atoms with van der Waals surface area (Å²) in [6, 6.07) is 7.58. The minimum atomic E-state index is -4.60. The van der Waals surface area contributed by atoms with Crippen molar-refractivity contribution >= 4 is 13.6 Å². The maximum atomic E-state index is 14.0. The summed E-state index contributed by atoms with van der Waals surface area (Å²) in [6.07, 6.45) is -1.35. The van der Waals surface area contributed by atoms with Crippen LogP contribution >= 0.6 is 7.60 Å². The topological polar surface area (TPSA) is 172 Å². The minimum absolute atomic E-state index is 0.0175. The number of carbonyl (C=O) groups is 1. The molecular formula is C24H29FN3O9P. The van der Waals surface area contributed by atoms with E-state index in [4.69, 9.17) is 33.4 Å². The molecule has 206 valence electrons. The molecule has 0 bridgehead atoms. The van der Waals surface area contributed by atoms with Crippen molar-refractivity contribution in [3.63, 3.8) is 0 Å². The van der Waals surface area contributed by atoms with Crippen LogP contribution in [0.5, 0.6) is 5.75 Å². The molecule has 6 atom stereocenters. The number of H-pyrrole nitrogens is 1. The summed E-state index contributed by atoms with van der Waals surface area (Å²) in [6.45, 7) is 1.41. The monoisotopic (exact) mass is 555 g/mol. The number of nitrogens with one attached hydrogen (secondary N) is 1. The molecule has 0 spiro atoms. The quantitative estimate of drug-likeness (QED) is 0.219. The van der Waals surface area contributed by atoms with Gasteiger partial charge in [-0.15, -0.1) is 6.42 Å². The molecule has 38 heavy (non-hydrogen) atoms. The Morgan fingerprint density at radius 1 is 1.39 bits per heavy atom. The van der Waals surface area contributed by atoms with Gasteiger partial charge in [0.1, 0.15) is 18.0 Å². The summed E-state index contributed by atoms with van der Waals surface area (Å²) >= 11 is 0. The second kappa shape index (κ2) is 11.6. The average Bonchev–Trinajstić information content (AvgIpc) is 3.12. The number of carbonyl (C=O) groups excluding carboxylic acids is 1. The van der Waals surface area contributed by atoms with E-state index in [0.717, 1.165) is 0 Å². The van der Waals surface area contributed by atoms with Crippen molar-refractivity contribution in [1.29, 1.82) is 0 Å². The second-order valence-corrected chi connectivity index (χ2v) is 10.8. The Kier molecular flexibility index (Phi) is 8.06. The molecule has 0 amide bonds. The van der Waals surface area contributed by atoms with Gasteiger partial charge in [0.05, 0.1) is 33.7 Å². The van der Waals surface area contributed by atoms with Crippen molar-refractivity contribution in [2.45, 2.75) is 50.8 Å². The molecule has 2 heterocycles. The van der Waals surface area contributed by atoms with Gasteiger partial charge in [0, 0.05) is 0 Å². The summed E-state index contributed by atoms with van der Waals surface area (Å²) in [5.41, 5.74) is 1.19. The summed E-state index contributed by atoms with van der Waals surface area (Å²) in [5, 5.41) is 10.9. The third-order valence-corrected chi connectivity index (χ3v) is 7.30. The van der Waals surface area contributed by atoms with Gasteiger partial charge in [-0.05, 0) is 26.0 Å². The number of nitrogens with two attached hydrogens (primary N) is 1. The first-order valence-electron chi connectivity index (χ1n) is 12.4. The molecule has 0 radical (unpaired) electrons. The molecule has 1 saturated heterocycles. The summed E-state index contributed by atoms with van der Waals surface area (Å²) in [7, 11) is -4.60. The minimum Gasteiger partial charge on any atom is -0.463 e. The zero-order valence-corrected chi connectivity index (χ0v) is 21.6. The molecule has 14 heteroatoms. The van der Waals surface area contributed by atoms with E-state index in [1.807, 2.05) is 5.92 Å². The fourth-order valence-corrected chi connectivity index (χ4v) is 5.24. The lowest BCUT2D eigenvalue weighted by Gasteiger charge is -2.27. The van der Waals surface area contributed by atoms with Crippen LogP contribution < -0.4 is 21.5 Å². The van der Waals surface area contributed by atoms with Crippen LogP contribution in [0.25, 0.3) is 0 Å². The highest BCUT2D eigenvalue weighted by molar-refractivity contribution is 7.54. The van der Waals surface area contributed by atoms with Gasteiger partial charge in [0.2, 0.25) is 5.82 Å². The van der Waals surface area contributed by atoms with Crippen molar-refractivity contribution in [2.75, 3.05) is 12.7 Å². The SMILES string of the molecule is [2H]C([2H])(O[P@@](=O)(C[C@@H](C)C(=O)OC(C)C)Oc1ccccc1)[C@H]1O[C@@H](n2cc(F)c(=O)[nH]c2=O)C(N)(C#C)[C@H]1O. The van der Waals surface area contributed by atoms with Gasteiger partial charge >= 0.3 is 19.3 Å². The van der Waals surface area contributed by atoms with Crippen molar-refractivity contribution in [2.24, 2.45) is 11.7 Å². The molecular weight excluding hydrogens is 524 g/mol. The Balaban J connectivity index is 1.98. The van der Waals surface area contributed by atoms with Crippen molar-refractivity contribution in [3.05, 3.63) is 63.2 Å². The van der Waals surface area contributed by atoms with E-state index in [1.54, 1.807) is 37.0 Å². The number of nitrogens with zero attached hydrogens (tertiary/aromatic N) is 1. The molecule has 4 N–H and O–H groups in total. The number of hydrogen-bond acceptors (Lipinski definition) is 10. The van der Waals surface area contributed by atoms with Crippen LogP contribution in [0, 0.1) is 24.1 Å². The summed E-state index contributed by atoms with van der Waals surface area (Å²) in [5.74, 6) is -1.22.